The second-order valence-electron chi connectivity index (χ2n) is 3.09. The molecule has 1 aromatic rings. The van der Waals surface area contributed by atoms with Crippen LogP contribution in [-0.4, -0.2) is 0 Å². The molecule has 0 aromatic heterocycles. The van der Waals surface area contributed by atoms with Crippen LogP contribution in [0.15, 0.2) is 24.3 Å². The summed E-state index contributed by atoms with van der Waals surface area (Å²) in [5, 5.41) is 0.760. The molecule has 0 heterocycles. The summed E-state index contributed by atoms with van der Waals surface area (Å²) in [4.78, 5) is 0. The van der Waals surface area contributed by atoms with Crippen molar-refractivity contribution >= 4 is 11.6 Å². The largest absolute Gasteiger partial charge is 0.324 e. The summed E-state index contributed by atoms with van der Waals surface area (Å²) in [6.45, 7) is 2.12. The number of rotatable bonds is 4. The lowest BCUT2D eigenvalue weighted by Gasteiger charge is -2.10. The van der Waals surface area contributed by atoms with Gasteiger partial charge >= 0.3 is 0 Å². The minimum Gasteiger partial charge on any atom is -0.324 e. The fourth-order valence-electron chi connectivity index (χ4n) is 1.19. The molecular weight excluding hydrogens is 182 g/mol. The Labute approximate surface area is 84.9 Å². The van der Waals surface area contributed by atoms with Crippen LogP contribution < -0.4 is 5.73 Å². The highest BCUT2D eigenvalue weighted by Gasteiger charge is 2.04. The lowest BCUT2D eigenvalue weighted by atomic mass is 10.0. The van der Waals surface area contributed by atoms with Crippen LogP contribution in [0.4, 0.5) is 0 Å². The van der Waals surface area contributed by atoms with Crippen molar-refractivity contribution in [3.05, 3.63) is 41.3 Å². The molecule has 1 rings (SSSR count). The number of hydrogen-bond donors (Lipinski definition) is 1. The number of nitrogens with two attached hydrogens (primary N) is 1. The van der Waals surface area contributed by atoms with Crippen LogP contribution in [0.3, 0.4) is 0 Å². The quantitative estimate of drug-likeness (QED) is 0.786. The predicted molar refractivity (Wildman–Crippen MR) is 57.6 cm³/mol. The topological polar surface area (TPSA) is 26.0 Å². The minimum absolute atomic E-state index is 0.109. The number of unbranched alkanes of at least 4 members (excludes halogenated alkanes) is 1. The summed E-state index contributed by atoms with van der Waals surface area (Å²) < 4.78 is 0. The smallest absolute Gasteiger partial charge is 0.0406 e. The van der Waals surface area contributed by atoms with E-state index in [1.807, 2.05) is 24.3 Å². The van der Waals surface area contributed by atoms with Crippen molar-refractivity contribution in [2.45, 2.75) is 25.8 Å². The Hall–Kier alpha value is -0.530. The normalized spacial score (nSPS) is 12.8. The number of hydrogen-bond acceptors (Lipinski definition) is 1. The molecule has 0 aliphatic rings. The van der Waals surface area contributed by atoms with E-state index in [9.17, 15) is 0 Å². The Morgan fingerprint density at radius 1 is 1.38 bits per heavy atom. The Kier molecular flexibility index (Phi) is 4.26. The molecule has 2 N–H and O–H groups in total. The molecule has 1 aromatic carbocycles. The van der Waals surface area contributed by atoms with Crippen molar-refractivity contribution in [1.82, 2.24) is 0 Å². The number of halogens is 1. The molecule has 1 radical (unpaired) electrons. The first-order chi connectivity index (χ1) is 6.24. The maximum atomic E-state index is 5.96. The van der Waals surface area contributed by atoms with E-state index in [0.717, 1.165) is 23.4 Å². The van der Waals surface area contributed by atoms with Gasteiger partial charge in [-0.3, -0.25) is 0 Å². The van der Waals surface area contributed by atoms with Crippen LogP contribution in [0.25, 0.3) is 0 Å². The van der Waals surface area contributed by atoms with E-state index in [0.29, 0.717) is 0 Å². The summed E-state index contributed by atoms with van der Waals surface area (Å²) in [7, 11) is 0. The number of benzene rings is 1. The Balaban J connectivity index is 2.55. The fraction of sp³-hybridized carbons (Fsp3) is 0.364. The molecule has 0 aliphatic carbocycles. The summed E-state index contributed by atoms with van der Waals surface area (Å²) >= 11 is 5.77. The molecule has 0 aliphatic heterocycles. The van der Waals surface area contributed by atoms with Crippen LogP contribution in [0.1, 0.15) is 31.4 Å². The monoisotopic (exact) mass is 196 g/mol. The van der Waals surface area contributed by atoms with E-state index in [1.165, 1.54) is 0 Å². The van der Waals surface area contributed by atoms with Crippen molar-refractivity contribution in [2.75, 3.05) is 0 Å². The summed E-state index contributed by atoms with van der Waals surface area (Å²) in [5.74, 6) is 0. The van der Waals surface area contributed by atoms with Crippen molar-refractivity contribution in [1.29, 1.82) is 0 Å². The fourth-order valence-corrected chi connectivity index (χ4v) is 1.32. The van der Waals surface area contributed by atoms with Gasteiger partial charge in [0.25, 0.3) is 0 Å². The first-order valence-corrected chi connectivity index (χ1v) is 4.94. The van der Waals surface area contributed by atoms with Gasteiger partial charge in [-0.1, -0.05) is 37.1 Å². The zero-order chi connectivity index (χ0) is 9.68. The highest BCUT2D eigenvalue weighted by Crippen LogP contribution is 2.18. The lowest BCUT2D eigenvalue weighted by Crippen LogP contribution is -2.09. The van der Waals surface area contributed by atoms with E-state index >= 15 is 0 Å². The zero-order valence-electron chi connectivity index (χ0n) is 7.83. The van der Waals surface area contributed by atoms with Crippen LogP contribution in [0.2, 0.25) is 5.02 Å². The molecule has 0 amide bonds. The minimum atomic E-state index is 0.109. The van der Waals surface area contributed by atoms with Crippen molar-refractivity contribution in [3.8, 4) is 0 Å². The molecule has 0 fully saturated rings. The molecule has 71 valence electrons. The lowest BCUT2D eigenvalue weighted by molar-refractivity contribution is 0.694. The van der Waals surface area contributed by atoms with Crippen LogP contribution in [0, 0.1) is 6.42 Å². The molecule has 13 heavy (non-hydrogen) atoms. The highest BCUT2D eigenvalue weighted by atomic mass is 35.5. The van der Waals surface area contributed by atoms with Gasteiger partial charge in [-0.05, 0) is 30.5 Å². The highest BCUT2D eigenvalue weighted by molar-refractivity contribution is 6.30. The third-order valence-corrected chi connectivity index (χ3v) is 2.26. The van der Waals surface area contributed by atoms with Gasteiger partial charge in [-0.2, -0.15) is 0 Å². The van der Waals surface area contributed by atoms with Gasteiger partial charge in [0.1, 0.15) is 0 Å². The van der Waals surface area contributed by atoms with Gasteiger partial charge in [0.2, 0.25) is 0 Å². The molecule has 2 heteroatoms. The van der Waals surface area contributed by atoms with Crippen molar-refractivity contribution in [3.63, 3.8) is 0 Å². The SMILES string of the molecule is CC[CH]CC(N)c1ccc(Cl)cc1. The third kappa shape index (κ3) is 3.37. The molecule has 0 bridgehead atoms. The summed E-state index contributed by atoms with van der Waals surface area (Å²) in [5.41, 5.74) is 7.10. The van der Waals surface area contributed by atoms with E-state index in [1.54, 1.807) is 0 Å². The molecule has 1 nitrogen and oxygen atoms in total. The first kappa shape index (κ1) is 10.6. The average Bonchev–Trinajstić information content (AvgIpc) is 2.15. The Morgan fingerprint density at radius 2 is 2.00 bits per heavy atom. The van der Waals surface area contributed by atoms with Gasteiger partial charge in [-0.25, -0.2) is 0 Å². The zero-order valence-corrected chi connectivity index (χ0v) is 8.59. The van der Waals surface area contributed by atoms with Gasteiger partial charge in [-0.15, -0.1) is 0 Å². The molecule has 0 saturated heterocycles. The second-order valence-corrected chi connectivity index (χ2v) is 3.53. The summed E-state index contributed by atoms with van der Waals surface area (Å²) in [6, 6.07) is 7.83. The van der Waals surface area contributed by atoms with Crippen molar-refractivity contribution < 1.29 is 0 Å². The van der Waals surface area contributed by atoms with E-state index in [2.05, 4.69) is 13.3 Å². The summed E-state index contributed by atoms with van der Waals surface area (Å²) in [6.07, 6.45) is 4.19. The van der Waals surface area contributed by atoms with E-state index in [-0.39, 0.29) is 6.04 Å². The average molecular weight is 197 g/mol. The maximum Gasteiger partial charge on any atom is 0.0406 e. The molecule has 0 spiro atoms. The molecular formula is C11H15ClN. The molecule has 1 atom stereocenters. The Bertz CT molecular complexity index is 243. The first-order valence-electron chi connectivity index (χ1n) is 4.56. The van der Waals surface area contributed by atoms with Gasteiger partial charge in [0.15, 0.2) is 0 Å². The van der Waals surface area contributed by atoms with Gasteiger partial charge in [0, 0.05) is 11.1 Å². The van der Waals surface area contributed by atoms with Crippen LogP contribution in [-0.2, 0) is 0 Å². The van der Waals surface area contributed by atoms with Crippen LogP contribution in [0.5, 0.6) is 0 Å². The third-order valence-electron chi connectivity index (χ3n) is 2.01. The van der Waals surface area contributed by atoms with E-state index in [4.69, 9.17) is 17.3 Å². The van der Waals surface area contributed by atoms with Gasteiger partial charge in [0.05, 0.1) is 0 Å². The molecule has 1 unspecified atom stereocenters. The standard InChI is InChI=1S/C11H15ClN/c1-2-3-4-11(13)9-5-7-10(12)8-6-9/h3,5-8,11H,2,4,13H2,1H3. The molecule has 0 saturated carbocycles. The predicted octanol–water partition coefficient (Wildman–Crippen LogP) is 3.34. The van der Waals surface area contributed by atoms with Crippen LogP contribution >= 0.6 is 11.6 Å². The van der Waals surface area contributed by atoms with E-state index < -0.39 is 0 Å². The second kappa shape index (κ2) is 5.25. The van der Waals surface area contributed by atoms with Gasteiger partial charge < -0.3 is 5.73 Å². The Morgan fingerprint density at radius 3 is 2.54 bits per heavy atom. The maximum absolute atomic E-state index is 5.96. The van der Waals surface area contributed by atoms with Crippen molar-refractivity contribution in [2.24, 2.45) is 5.73 Å².